The van der Waals surface area contributed by atoms with Crippen LogP contribution in [-0.2, 0) is 14.3 Å². The number of alkyl halides is 3. The van der Waals surface area contributed by atoms with Crippen LogP contribution in [0.15, 0.2) is 12.2 Å². The van der Waals surface area contributed by atoms with Crippen molar-refractivity contribution < 1.29 is 19.4 Å². The van der Waals surface area contributed by atoms with Crippen LogP contribution in [0.25, 0.3) is 0 Å². The van der Waals surface area contributed by atoms with Crippen LogP contribution in [0, 0.1) is 11.8 Å². The fraction of sp³-hybridized carbons (Fsp3) is 0.750. The second-order valence-corrected chi connectivity index (χ2v) is 13.0. The maximum absolute atomic E-state index is 12.9. The van der Waals surface area contributed by atoms with Crippen LogP contribution >= 0.6 is 19.8 Å². The van der Waals surface area contributed by atoms with Gasteiger partial charge in [-0.15, -0.1) is 0 Å². The molecular weight excluding hydrogens is 397 g/mol. The fourth-order valence-corrected chi connectivity index (χ4v) is 8.56. The van der Waals surface area contributed by atoms with Crippen molar-refractivity contribution in [1.29, 1.82) is 0 Å². The van der Waals surface area contributed by atoms with Gasteiger partial charge in [-0.25, -0.2) is 0 Å². The van der Waals surface area contributed by atoms with Gasteiger partial charge in [-0.3, -0.25) is 0 Å². The number of carbonyl (C=O) groups excluding carboxylic acids is 1. The van der Waals surface area contributed by atoms with E-state index in [-0.39, 0.29) is 12.0 Å². The summed E-state index contributed by atoms with van der Waals surface area (Å²) >= 11 is -0.874. The molecular formula is C16H24INO4. The average Bonchev–Trinajstić information content (AvgIpc) is 3.07. The molecule has 6 heteroatoms. The van der Waals surface area contributed by atoms with E-state index in [0.717, 1.165) is 19.5 Å². The van der Waals surface area contributed by atoms with Gasteiger partial charge in [-0.05, 0) is 0 Å². The number of halogens is 1. The van der Waals surface area contributed by atoms with Crippen LogP contribution in [0.2, 0.25) is 0 Å². The normalized spacial score (nSPS) is 36.2. The molecule has 0 spiro atoms. The number of rotatable bonds is 3. The predicted molar refractivity (Wildman–Crippen MR) is 92.5 cm³/mol. The van der Waals surface area contributed by atoms with Crippen LogP contribution in [-0.4, -0.2) is 60.5 Å². The van der Waals surface area contributed by atoms with Crippen LogP contribution in [0.4, 0.5) is 0 Å². The van der Waals surface area contributed by atoms with E-state index < -0.39 is 43.7 Å². The van der Waals surface area contributed by atoms with Gasteiger partial charge in [-0.1, -0.05) is 0 Å². The molecule has 3 aliphatic rings. The standard InChI is InChI=1S/C16H24INO4/c1-2-17-7-3-4-9-18(10-8-17)15(19)13-11-5-6-12(22-11)14(13)16(20)21/h5-6,11-14H,2-4,7-10H2,1H3,(H,20,21)/t11-,12+,13?,14?/m0/s1. The molecule has 22 heavy (non-hydrogen) atoms. The Hall–Kier alpha value is -0.630. The first-order valence-electron chi connectivity index (χ1n) is 8.05. The first kappa shape index (κ1) is 16.2. The number of aliphatic carboxylic acids is 1. The van der Waals surface area contributed by atoms with Crippen LogP contribution in [0.3, 0.4) is 0 Å². The summed E-state index contributed by atoms with van der Waals surface area (Å²) in [5.74, 6) is -2.16. The topological polar surface area (TPSA) is 66.8 Å². The van der Waals surface area contributed by atoms with Crippen LogP contribution in [0.5, 0.6) is 0 Å². The molecule has 2 bridgehead atoms. The van der Waals surface area contributed by atoms with Gasteiger partial charge in [0.15, 0.2) is 0 Å². The molecule has 0 aromatic rings. The number of carbonyl (C=O) groups is 2. The summed E-state index contributed by atoms with van der Waals surface area (Å²) in [6.07, 6.45) is 5.16. The predicted octanol–water partition coefficient (Wildman–Crippen LogP) is 1.79. The fourth-order valence-electron chi connectivity index (χ4n) is 3.61. The number of carboxylic acids is 1. The Balaban J connectivity index is 1.72. The number of hydrogen-bond acceptors (Lipinski definition) is 3. The van der Waals surface area contributed by atoms with Gasteiger partial charge < -0.3 is 0 Å². The van der Waals surface area contributed by atoms with Crippen molar-refractivity contribution in [2.24, 2.45) is 11.8 Å². The molecule has 0 saturated carbocycles. The van der Waals surface area contributed by atoms with E-state index in [1.165, 1.54) is 19.7 Å². The Bertz CT molecular complexity index is 481. The molecule has 3 heterocycles. The van der Waals surface area contributed by atoms with Crippen molar-refractivity contribution in [3.63, 3.8) is 0 Å². The molecule has 4 atom stereocenters. The Kier molecular flexibility index (Phi) is 5.07. The summed E-state index contributed by atoms with van der Waals surface area (Å²) in [5.41, 5.74) is 0. The zero-order valence-corrected chi connectivity index (χ0v) is 15.1. The van der Waals surface area contributed by atoms with Gasteiger partial charge in [0.1, 0.15) is 0 Å². The summed E-state index contributed by atoms with van der Waals surface area (Å²) < 4.78 is 9.53. The second kappa shape index (κ2) is 6.86. The Morgan fingerprint density at radius 3 is 2.59 bits per heavy atom. The molecule has 0 radical (unpaired) electrons. The summed E-state index contributed by atoms with van der Waals surface area (Å²) in [5, 5.41) is 9.46. The molecule has 0 aliphatic carbocycles. The third-order valence-corrected chi connectivity index (χ3v) is 11.3. The van der Waals surface area contributed by atoms with Crippen LogP contribution in [0.1, 0.15) is 19.8 Å². The van der Waals surface area contributed by atoms with E-state index in [4.69, 9.17) is 4.74 Å². The Morgan fingerprint density at radius 1 is 1.18 bits per heavy atom. The summed E-state index contributed by atoms with van der Waals surface area (Å²) in [6, 6.07) is 0. The first-order valence-corrected chi connectivity index (χ1v) is 12.6. The summed E-state index contributed by atoms with van der Waals surface area (Å²) in [4.78, 5) is 26.4. The molecule has 1 amide bonds. The van der Waals surface area contributed by atoms with Gasteiger partial charge in [0.2, 0.25) is 0 Å². The zero-order chi connectivity index (χ0) is 15.7. The summed E-state index contributed by atoms with van der Waals surface area (Å²) in [7, 11) is 0. The molecule has 1 N–H and O–H groups in total. The van der Waals surface area contributed by atoms with E-state index in [9.17, 15) is 14.7 Å². The molecule has 0 aromatic carbocycles. The monoisotopic (exact) mass is 421 g/mol. The van der Waals surface area contributed by atoms with E-state index in [0.29, 0.717) is 0 Å². The van der Waals surface area contributed by atoms with E-state index in [2.05, 4.69) is 6.92 Å². The number of fused-ring (bicyclic) bond motifs is 2. The number of nitrogens with zero attached hydrogens (tertiary/aromatic N) is 1. The van der Waals surface area contributed by atoms with Crippen molar-refractivity contribution in [2.45, 2.75) is 32.0 Å². The van der Waals surface area contributed by atoms with Gasteiger partial charge in [0.05, 0.1) is 0 Å². The Morgan fingerprint density at radius 2 is 1.91 bits per heavy atom. The SMILES string of the molecule is CCI1CCCCN(C(=O)C2C(C(=O)O)[C@H]3C=C[C@@H]2O3)CC1. The molecule has 0 aromatic heterocycles. The van der Waals surface area contributed by atoms with Crippen molar-refractivity contribution >= 4 is 31.7 Å². The van der Waals surface area contributed by atoms with Crippen molar-refractivity contribution in [2.75, 3.05) is 26.4 Å². The number of ether oxygens (including phenoxy) is 1. The van der Waals surface area contributed by atoms with Crippen molar-refractivity contribution in [3.8, 4) is 0 Å². The van der Waals surface area contributed by atoms with E-state index in [1.54, 1.807) is 6.08 Å². The van der Waals surface area contributed by atoms with E-state index in [1.807, 2.05) is 11.0 Å². The minimum absolute atomic E-state index is 0.00178. The second-order valence-electron chi connectivity index (χ2n) is 6.08. The maximum atomic E-state index is 12.9. The first-order chi connectivity index (χ1) is 10.6. The molecule has 5 nitrogen and oxygen atoms in total. The summed E-state index contributed by atoms with van der Waals surface area (Å²) in [6.45, 7) is 3.87. The molecule has 2 unspecified atom stereocenters. The Labute approximate surface area is 138 Å². The van der Waals surface area contributed by atoms with Gasteiger partial charge in [-0.2, -0.15) is 0 Å². The molecule has 3 aliphatic heterocycles. The van der Waals surface area contributed by atoms with E-state index >= 15 is 0 Å². The van der Waals surface area contributed by atoms with Crippen LogP contribution < -0.4 is 0 Å². The number of carboxylic acid groups (broad SMARTS) is 1. The quantitative estimate of drug-likeness (QED) is 0.429. The molecule has 2 fully saturated rings. The minimum atomic E-state index is -0.913. The van der Waals surface area contributed by atoms with Crippen molar-refractivity contribution in [3.05, 3.63) is 12.2 Å². The zero-order valence-electron chi connectivity index (χ0n) is 12.9. The third-order valence-electron chi connectivity index (χ3n) is 4.86. The van der Waals surface area contributed by atoms with Gasteiger partial charge in [0, 0.05) is 0 Å². The average molecular weight is 421 g/mol. The van der Waals surface area contributed by atoms with Gasteiger partial charge in [0.25, 0.3) is 0 Å². The number of hydrogen-bond donors (Lipinski definition) is 1. The third kappa shape index (κ3) is 3.04. The van der Waals surface area contributed by atoms with Crippen molar-refractivity contribution in [1.82, 2.24) is 4.90 Å². The molecule has 3 rings (SSSR count). The molecule has 2 saturated heterocycles. The van der Waals surface area contributed by atoms with Gasteiger partial charge >= 0.3 is 138 Å². The molecule has 124 valence electrons. The number of amides is 1.